The van der Waals surface area contributed by atoms with Crippen molar-refractivity contribution in [2.24, 2.45) is 11.8 Å². The van der Waals surface area contributed by atoms with Crippen molar-refractivity contribution < 1.29 is 19.1 Å². The van der Waals surface area contributed by atoms with E-state index in [0.717, 1.165) is 25.7 Å². The van der Waals surface area contributed by atoms with Crippen LogP contribution in [0.15, 0.2) is 18.2 Å². The molecule has 2 aliphatic rings. The Morgan fingerprint density at radius 3 is 2.73 bits per heavy atom. The fourth-order valence-electron chi connectivity index (χ4n) is 4.00. The van der Waals surface area contributed by atoms with Gasteiger partial charge >= 0.3 is 5.97 Å². The molecule has 0 aromatic heterocycles. The third-order valence-corrected chi connectivity index (χ3v) is 5.84. The van der Waals surface area contributed by atoms with Gasteiger partial charge in [0.1, 0.15) is 5.75 Å². The standard InChI is InChI=1S/C21H29NO4/c1-14-5-3-8-19(15(14)2)22-20(23)12-26-21(24)13-25-18-10-9-16-6-4-7-17(16)11-18/h9-11,14-15,19H,3-8,12-13H2,1-2H3,(H,22,23). The van der Waals surface area contributed by atoms with Crippen LogP contribution in [0.4, 0.5) is 0 Å². The number of hydrogen-bond acceptors (Lipinski definition) is 4. The van der Waals surface area contributed by atoms with Gasteiger partial charge in [0.25, 0.3) is 5.91 Å². The van der Waals surface area contributed by atoms with Crippen LogP contribution in [0.2, 0.25) is 0 Å². The molecule has 0 saturated heterocycles. The Labute approximate surface area is 155 Å². The Hall–Kier alpha value is -2.04. The van der Waals surface area contributed by atoms with Gasteiger partial charge in [0.15, 0.2) is 13.2 Å². The van der Waals surface area contributed by atoms with Crippen LogP contribution in [0, 0.1) is 11.8 Å². The van der Waals surface area contributed by atoms with E-state index in [9.17, 15) is 9.59 Å². The van der Waals surface area contributed by atoms with Gasteiger partial charge in [-0.2, -0.15) is 0 Å². The summed E-state index contributed by atoms with van der Waals surface area (Å²) in [5.41, 5.74) is 2.66. The first-order chi connectivity index (χ1) is 12.5. The molecule has 1 fully saturated rings. The summed E-state index contributed by atoms with van der Waals surface area (Å²) < 4.78 is 10.5. The van der Waals surface area contributed by atoms with Crippen molar-refractivity contribution in [2.75, 3.05) is 13.2 Å². The molecule has 1 aromatic carbocycles. The van der Waals surface area contributed by atoms with E-state index >= 15 is 0 Å². The lowest BCUT2D eigenvalue weighted by Gasteiger charge is -2.34. The van der Waals surface area contributed by atoms with E-state index < -0.39 is 5.97 Å². The molecule has 0 radical (unpaired) electrons. The van der Waals surface area contributed by atoms with Crippen LogP contribution in [0.25, 0.3) is 0 Å². The Morgan fingerprint density at radius 2 is 1.88 bits per heavy atom. The molecule has 1 N–H and O–H groups in total. The topological polar surface area (TPSA) is 64.6 Å². The second-order valence-corrected chi connectivity index (χ2v) is 7.67. The fraction of sp³-hybridized carbons (Fsp3) is 0.619. The third-order valence-electron chi connectivity index (χ3n) is 5.84. The van der Waals surface area contributed by atoms with Crippen molar-refractivity contribution in [2.45, 2.75) is 58.4 Å². The highest BCUT2D eigenvalue weighted by molar-refractivity contribution is 5.81. The van der Waals surface area contributed by atoms with E-state index in [2.05, 4.69) is 25.2 Å². The molecule has 2 aliphatic carbocycles. The van der Waals surface area contributed by atoms with Crippen LogP contribution in [0.5, 0.6) is 5.75 Å². The van der Waals surface area contributed by atoms with Gasteiger partial charge in [-0.1, -0.05) is 32.8 Å². The van der Waals surface area contributed by atoms with Crippen molar-refractivity contribution in [1.29, 1.82) is 0 Å². The van der Waals surface area contributed by atoms with Crippen LogP contribution in [-0.2, 0) is 27.2 Å². The van der Waals surface area contributed by atoms with Crippen molar-refractivity contribution in [3.05, 3.63) is 29.3 Å². The molecule has 3 unspecified atom stereocenters. The van der Waals surface area contributed by atoms with Gasteiger partial charge in [-0.3, -0.25) is 4.79 Å². The zero-order valence-electron chi connectivity index (χ0n) is 15.8. The van der Waals surface area contributed by atoms with Gasteiger partial charge in [-0.15, -0.1) is 0 Å². The SMILES string of the molecule is CC1CCCC(NC(=O)COC(=O)COc2ccc3c(c2)CCC3)C1C. The number of esters is 1. The summed E-state index contributed by atoms with van der Waals surface area (Å²) in [6, 6.07) is 6.11. The van der Waals surface area contributed by atoms with Crippen molar-refractivity contribution in [3.8, 4) is 5.75 Å². The minimum absolute atomic E-state index is 0.174. The Bertz CT molecular complexity index is 657. The van der Waals surface area contributed by atoms with Gasteiger partial charge < -0.3 is 14.8 Å². The zero-order valence-corrected chi connectivity index (χ0v) is 15.8. The lowest BCUT2D eigenvalue weighted by Crippen LogP contribution is -2.45. The molecule has 0 spiro atoms. The van der Waals surface area contributed by atoms with Gasteiger partial charge in [0.2, 0.25) is 0 Å². The zero-order chi connectivity index (χ0) is 18.5. The van der Waals surface area contributed by atoms with E-state index in [1.54, 1.807) is 0 Å². The van der Waals surface area contributed by atoms with Crippen molar-refractivity contribution in [1.82, 2.24) is 5.32 Å². The van der Waals surface area contributed by atoms with E-state index in [1.165, 1.54) is 24.0 Å². The number of fused-ring (bicyclic) bond motifs is 1. The number of aryl methyl sites for hydroxylation is 2. The van der Waals surface area contributed by atoms with E-state index in [-0.39, 0.29) is 25.2 Å². The largest absolute Gasteiger partial charge is 0.482 e. The van der Waals surface area contributed by atoms with E-state index in [0.29, 0.717) is 17.6 Å². The maximum Gasteiger partial charge on any atom is 0.344 e. The minimum atomic E-state index is -0.522. The van der Waals surface area contributed by atoms with Gasteiger partial charge in [0.05, 0.1) is 0 Å². The number of carbonyl (C=O) groups excluding carboxylic acids is 2. The van der Waals surface area contributed by atoms with E-state index in [1.807, 2.05) is 12.1 Å². The number of benzene rings is 1. The van der Waals surface area contributed by atoms with Crippen molar-refractivity contribution in [3.63, 3.8) is 0 Å². The molecule has 5 nitrogen and oxygen atoms in total. The van der Waals surface area contributed by atoms with Crippen LogP contribution < -0.4 is 10.1 Å². The number of ether oxygens (including phenoxy) is 2. The fourth-order valence-corrected chi connectivity index (χ4v) is 4.00. The highest BCUT2D eigenvalue weighted by Crippen LogP contribution is 2.29. The summed E-state index contributed by atoms with van der Waals surface area (Å²) in [4.78, 5) is 23.9. The molecule has 1 amide bonds. The smallest absolute Gasteiger partial charge is 0.344 e. The first kappa shape index (κ1) is 18.7. The summed E-state index contributed by atoms with van der Waals surface area (Å²) in [7, 11) is 0. The third kappa shape index (κ3) is 4.77. The second-order valence-electron chi connectivity index (χ2n) is 7.67. The lowest BCUT2D eigenvalue weighted by atomic mass is 9.78. The molecule has 142 valence electrons. The monoisotopic (exact) mass is 359 g/mol. The normalized spacial score (nSPS) is 24.6. The second kappa shape index (κ2) is 8.56. The Kier molecular flexibility index (Phi) is 6.17. The molecule has 1 aromatic rings. The van der Waals surface area contributed by atoms with Crippen LogP contribution in [-0.4, -0.2) is 31.1 Å². The van der Waals surface area contributed by atoms with Gasteiger partial charge in [0, 0.05) is 6.04 Å². The number of nitrogens with one attached hydrogen (secondary N) is 1. The predicted octanol–water partition coefficient (Wildman–Crippen LogP) is 3.04. The lowest BCUT2D eigenvalue weighted by molar-refractivity contribution is -0.150. The highest BCUT2D eigenvalue weighted by Gasteiger charge is 2.28. The number of amides is 1. The minimum Gasteiger partial charge on any atom is -0.482 e. The molecule has 0 aliphatic heterocycles. The molecule has 0 bridgehead atoms. The Morgan fingerprint density at radius 1 is 1.08 bits per heavy atom. The molecule has 3 rings (SSSR count). The van der Waals surface area contributed by atoms with Crippen LogP contribution >= 0.6 is 0 Å². The molecule has 5 heteroatoms. The van der Waals surface area contributed by atoms with Gasteiger partial charge in [-0.25, -0.2) is 4.79 Å². The summed E-state index contributed by atoms with van der Waals surface area (Å²) in [6.45, 7) is 3.97. The highest BCUT2D eigenvalue weighted by atomic mass is 16.6. The summed E-state index contributed by atoms with van der Waals surface area (Å²) in [6.07, 6.45) is 6.69. The predicted molar refractivity (Wildman–Crippen MR) is 99.0 cm³/mol. The summed E-state index contributed by atoms with van der Waals surface area (Å²) in [5.74, 6) is 0.980. The first-order valence-electron chi connectivity index (χ1n) is 9.72. The van der Waals surface area contributed by atoms with Crippen LogP contribution in [0.1, 0.15) is 50.7 Å². The Balaban J connectivity index is 1.37. The number of hydrogen-bond donors (Lipinski definition) is 1. The molecule has 26 heavy (non-hydrogen) atoms. The summed E-state index contributed by atoms with van der Waals surface area (Å²) in [5, 5.41) is 3.00. The summed E-state index contributed by atoms with van der Waals surface area (Å²) >= 11 is 0. The quantitative estimate of drug-likeness (QED) is 0.793. The average Bonchev–Trinajstić information content (AvgIpc) is 3.10. The van der Waals surface area contributed by atoms with Crippen molar-refractivity contribution >= 4 is 11.9 Å². The molecule has 3 atom stereocenters. The molecule has 0 heterocycles. The molecular weight excluding hydrogens is 330 g/mol. The van der Waals surface area contributed by atoms with E-state index in [4.69, 9.17) is 9.47 Å². The first-order valence-corrected chi connectivity index (χ1v) is 9.72. The van der Waals surface area contributed by atoms with Crippen LogP contribution in [0.3, 0.4) is 0 Å². The maximum absolute atomic E-state index is 12.0. The number of carbonyl (C=O) groups is 2. The molecular formula is C21H29NO4. The molecule has 1 saturated carbocycles. The average molecular weight is 359 g/mol. The maximum atomic E-state index is 12.0. The van der Waals surface area contributed by atoms with Gasteiger partial charge in [-0.05, 0) is 60.8 Å². The number of rotatable bonds is 6.